The van der Waals surface area contributed by atoms with Crippen molar-refractivity contribution in [1.29, 1.82) is 10.5 Å². The SMILES string of the molecule is COc1ccc2c(c1)CCC1C2=C2c3ccc(OC)cc3CCC2c2cc(C#N)c(C#N)cc21. The van der Waals surface area contributed by atoms with Gasteiger partial charge in [0.2, 0.25) is 0 Å². The van der Waals surface area contributed by atoms with Crippen LogP contribution in [0.25, 0.3) is 11.1 Å². The maximum atomic E-state index is 9.74. The van der Waals surface area contributed by atoms with Gasteiger partial charge in [-0.15, -0.1) is 0 Å². The van der Waals surface area contributed by atoms with Gasteiger partial charge in [-0.25, -0.2) is 0 Å². The molecule has 6 rings (SSSR count). The summed E-state index contributed by atoms with van der Waals surface area (Å²) in [5.41, 5.74) is 11.3. The zero-order valence-electron chi connectivity index (χ0n) is 19.3. The van der Waals surface area contributed by atoms with E-state index in [1.165, 1.54) is 44.5 Å². The van der Waals surface area contributed by atoms with Gasteiger partial charge in [0.15, 0.2) is 0 Å². The molecule has 0 bridgehead atoms. The van der Waals surface area contributed by atoms with Gasteiger partial charge in [0.1, 0.15) is 23.6 Å². The lowest BCUT2D eigenvalue weighted by Crippen LogP contribution is -2.25. The van der Waals surface area contributed by atoms with Gasteiger partial charge in [-0.05, 0) is 107 Å². The van der Waals surface area contributed by atoms with Crippen molar-refractivity contribution in [2.75, 3.05) is 14.2 Å². The fourth-order valence-electron chi connectivity index (χ4n) is 6.31. The molecule has 3 aliphatic carbocycles. The Bertz CT molecular complexity index is 1360. The molecule has 4 nitrogen and oxygen atoms in total. The second kappa shape index (κ2) is 7.79. The highest BCUT2D eigenvalue weighted by atomic mass is 16.5. The van der Waals surface area contributed by atoms with Gasteiger partial charge in [-0.3, -0.25) is 0 Å². The Hall–Kier alpha value is -4.02. The monoisotopic (exact) mass is 444 g/mol. The van der Waals surface area contributed by atoms with Gasteiger partial charge in [0.25, 0.3) is 0 Å². The van der Waals surface area contributed by atoms with Crippen LogP contribution >= 0.6 is 0 Å². The van der Waals surface area contributed by atoms with Crippen molar-refractivity contribution in [3.63, 3.8) is 0 Å². The third-order valence-electron chi connectivity index (χ3n) is 7.81. The Morgan fingerprint density at radius 2 is 1.12 bits per heavy atom. The van der Waals surface area contributed by atoms with E-state index < -0.39 is 0 Å². The molecule has 0 saturated heterocycles. The van der Waals surface area contributed by atoms with E-state index in [1.807, 2.05) is 12.1 Å². The topological polar surface area (TPSA) is 66.0 Å². The summed E-state index contributed by atoms with van der Waals surface area (Å²) in [6, 6.07) is 21.4. The average molecular weight is 445 g/mol. The predicted molar refractivity (Wildman–Crippen MR) is 131 cm³/mol. The minimum Gasteiger partial charge on any atom is -0.497 e. The average Bonchev–Trinajstić information content (AvgIpc) is 2.90. The van der Waals surface area contributed by atoms with Crippen LogP contribution in [0.3, 0.4) is 0 Å². The van der Waals surface area contributed by atoms with Gasteiger partial charge in [0.05, 0.1) is 25.3 Å². The van der Waals surface area contributed by atoms with Crippen LogP contribution in [0.5, 0.6) is 11.5 Å². The number of rotatable bonds is 2. The highest BCUT2D eigenvalue weighted by Crippen LogP contribution is 2.58. The Labute approximate surface area is 199 Å². The first-order valence-electron chi connectivity index (χ1n) is 11.7. The van der Waals surface area contributed by atoms with Gasteiger partial charge >= 0.3 is 0 Å². The zero-order valence-corrected chi connectivity index (χ0v) is 19.3. The summed E-state index contributed by atoms with van der Waals surface area (Å²) >= 11 is 0. The van der Waals surface area contributed by atoms with Crippen LogP contribution in [0, 0.1) is 22.7 Å². The number of fused-ring (bicyclic) bond motifs is 9. The summed E-state index contributed by atoms with van der Waals surface area (Å²) in [7, 11) is 3.42. The first-order chi connectivity index (χ1) is 16.7. The number of hydrogen-bond acceptors (Lipinski definition) is 4. The van der Waals surface area contributed by atoms with E-state index in [1.54, 1.807) is 14.2 Å². The summed E-state index contributed by atoms with van der Waals surface area (Å²) < 4.78 is 11.0. The molecule has 0 fully saturated rings. The number of aryl methyl sites for hydroxylation is 2. The quantitative estimate of drug-likeness (QED) is 0.477. The number of allylic oxidation sites excluding steroid dienone is 2. The van der Waals surface area contributed by atoms with E-state index in [0.29, 0.717) is 11.1 Å². The Kier molecular flexibility index (Phi) is 4.71. The highest BCUT2D eigenvalue weighted by Gasteiger charge is 2.40. The van der Waals surface area contributed by atoms with Crippen molar-refractivity contribution >= 4 is 11.1 Å². The van der Waals surface area contributed by atoms with E-state index >= 15 is 0 Å². The van der Waals surface area contributed by atoms with Gasteiger partial charge in [-0.1, -0.05) is 12.1 Å². The predicted octanol–water partition coefficient (Wildman–Crippen LogP) is 6.13. The maximum absolute atomic E-state index is 9.74. The summed E-state index contributed by atoms with van der Waals surface area (Å²) in [5.74, 6) is 2.18. The molecule has 4 heteroatoms. The number of nitriles is 2. The molecule has 0 aromatic heterocycles. The van der Waals surface area contributed by atoms with Crippen LogP contribution < -0.4 is 9.47 Å². The number of benzene rings is 3. The minimum atomic E-state index is 0.204. The Morgan fingerprint density at radius 1 is 0.676 bits per heavy atom. The summed E-state index contributed by atoms with van der Waals surface area (Å²) in [6.45, 7) is 0. The van der Waals surface area contributed by atoms with Crippen LogP contribution in [-0.2, 0) is 12.8 Å². The molecule has 0 N–H and O–H groups in total. The molecule has 3 aromatic carbocycles. The first-order valence-corrected chi connectivity index (χ1v) is 11.7. The Balaban J connectivity index is 1.67. The van der Waals surface area contributed by atoms with Gasteiger partial charge in [0, 0.05) is 11.8 Å². The molecule has 0 saturated carbocycles. The van der Waals surface area contributed by atoms with Crippen molar-refractivity contribution in [2.45, 2.75) is 37.5 Å². The first kappa shape index (κ1) is 20.6. The van der Waals surface area contributed by atoms with E-state index in [0.717, 1.165) is 37.2 Å². The van der Waals surface area contributed by atoms with Crippen molar-refractivity contribution < 1.29 is 9.47 Å². The molecule has 2 unspecified atom stereocenters. The molecule has 2 atom stereocenters. The van der Waals surface area contributed by atoms with E-state index in [-0.39, 0.29) is 11.8 Å². The lowest BCUT2D eigenvalue weighted by Gasteiger charge is -2.42. The van der Waals surface area contributed by atoms with Crippen LogP contribution in [0.15, 0.2) is 48.5 Å². The zero-order chi connectivity index (χ0) is 23.4. The molecule has 0 aliphatic heterocycles. The van der Waals surface area contributed by atoms with Crippen molar-refractivity contribution in [2.24, 2.45) is 0 Å². The number of ether oxygens (including phenoxy) is 2. The van der Waals surface area contributed by atoms with Crippen molar-refractivity contribution in [3.8, 4) is 23.6 Å². The fraction of sp³-hybridized carbons (Fsp3) is 0.267. The van der Waals surface area contributed by atoms with E-state index in [4.69, 9.17) is 9.47 Å². The van der Waals surface area contributed by atoms with Crippen LogP contribution in [-0.4, -0.2) is 14.2 Å². The number of hydrogen-bond donors (Lipinski definition) is 0. The number of methoxy groups -OCH3 is 2. The summed E-state index contributed by atoms with van der Waals surface area (Å²) in [6.07, 6.45) is 3.85. The lowest BCUT2D eigenvalue weighted by molar-refractivity contribution is 0.413. The molecule has 166 valence electrons. The van der Waals surface area contributed by atoms with Crippen molar-refractivity contribution in [1.82, 2.24) is 0 Å². The standard InChI is InChI=1S/C30H24N2O2/c1-33-21-5-9-23-17(11-21)3-7-25-27-13-19(15-31)20(16-32)14-28(27)26-8-4-18-12-22(34-2)6-10-24(18)30(26)29(23)25/h5-6,9-14,25-26H,3-4,7-8H2,1-2H3. The molecule has 3 aromatic rings. The van der Waals surface area contributed by atoms with Gasteiger partial charge < -0.3 is 9.47 Å². The summed E-state index contributed by atoms with van der Waals surface area (Å²) in [4.78, 5) is 0. The molecule has 0 radical (unpaired) electrons. The molecule has 0 amide bonds. The lowest BCUT2D eigenvalue weighted by atomic mass is 9.61. The third kappa shape index (κ3) is 2.89. The molecular formula is C30H24N2O2. The third-order valence-corrected chi connectivity index (χ3v) is 7.81. The smallest absolute Gasteiger partial charge is 0.119 e. The number of nitrogens with zero attached hydrogens (tertiary/aromatic N) is 2. The molecule has 3 aliphatic rings. The largest absolute Gasteiger partial charge is 0.497 e. The van der Waals surface area contributed by atoms with Gasteiger partial charge in [-0.2, -0.15) is 10.5 Å². The van der Waals surface area contributed by atoms with Crippen LogP contribution in [0.1, 0.15) is 69.2 Å². The second-order valence-corrected chi connectivity index (χ2v) is 9.31. The van der Waals surface area contributed by atoms with Crippen LogP contribution in [0.2, 0.25) is 0 Å². The Morgan fingerprint density at radius 3 is 1.50 bits per heavy atom. The molecular weight excluding hydrogens is 420 g/mol. The van der Waals surface area contributed by atoms with E-state index in [9.17, 15) is 10.5 Å². The molecule has 0 heterocycles. The van der Waals surface area contributed by atoms with Crippen LogP contribution in [0.4, 0.5) is 0 Å². The van der Waals surface area contributed by atoms with E-state index in [2.05, 4.69) is 48.5 Å². The second-order valence-electron chi connectivity index (χ2n) is 9.31. The fourth-order valence-corrected chi connectivity index (χ4v) is 6.31. The maximum Gasteiger partial charge on any atom is 0.119 e. The summed E-state index contributed by atoms with van der Waals surface area (Å²) in [5, 5.41) is 19.5. The molecule has 34 heavy (non-hydrogen) atoms. The minimum absolute atomic E-state index is 0.204. The van der Waals surface area contributed by atoms with Crippen molar-refractivity contribution in [3.05, 3.63) is 93.0 Å². The molecule has 0 spiro atoms. The highest BCUT2D eigenvalue weighted by molar-refractivity contribution is 6.01. The normalized spacial score (nSPS) is 19.4.